The van der Waals surface area contributed by atoms with Gasteiger partial charge in [0.05, 0.1) is 6.61 Å². The van der Waals surface area contributed by atoms with Crippen molar-refractivity contribution in [3.8, 4) is 0 Å². The molecule has 0 spiro atoms. The first-order chi connectivity index (χ1) is 8.03. The molecule has 0 aromatic rings. The Hall–Kier alpha value is -0.860. The highest BCUT2D eigenvalue weighted by Crippen LogP contribution is 2.08. The monoisotopic (exact) mass is 265 g/mol. The van der Waals surface area contributed by atoms with E-state index in [1.165, 1.54) is 0 Å². The lowest BCUT2D eigenvalue weighted by Gasteiger charge is -2.22. The van der Waals surface area contributed by atoms with Crippen molar-refractivity contribution in [2.75, 3.05) is 26.2 Å². The SMILES string of the molecule is CCOC(=O)NS(=O)(=O)NCC1CCCNC1. The zero-order valence-corrected chi connectivity index (χ0v) is 10.7. The summed E-state index contributed by atoms with van der Waals surface area (Å²) in [7, 11) is -3.80. The Kier molecular flexibility index (Phi) is 5.66. The van der Waals surface area contributed by atoms with Gasteiger partial charge in [-0.1, -0.05) is 0 Å². The van der Waals surface area contributed by atoms with E-state index >= 15 is 0 Å². The molecular weight excluding hydrogens is 246 g/mol. The normalized spacial score (nSPS) is 20.9. The predicted molar refractivity (Wildman–Crippen MR) is 62.7 cm³/mol. The summed E-state index contributed by atoms with van der Waals surface area (Å²) in [6.45, 7) is 3.83. The molecule has 1 aliphatic heterocycles. The molecule has 17 heavy (non-hydrogen) atoms. The van der Waals surface area contributed by atoms with Crippen molar-refractivity contribution in [2.45, 2.75) is 19.8 Å². The van der Waals surface area contributed by atoms with E-state index in [9.17, 15) is 13.2 Å². The quantitative estimate of drug-likeness (QED) is 0.626. The summed E-state index contributed by atoms with van der Waals surface area (Å²) < 4.78 is 31.4. The third-order valence-electron chi connectivity index (χ3n) is 2.45. The molecule has 8 heteroatoms. The molecule has 0 radical (unpaired) electrons. The maximum absolute atomic E-state index is 11.4. The summed E-state index contributed by atoms with van der Waals surface area (Å²) in [5, 5.41) is 3.19. The molecule has 1 amide bonds. The van der Waals surface area contributed by atoms with Gasteiger partial charge < -0.3 is 10.1 Å². The van der Waals surface area contributed by atoms with Gasteiger partial charge in [0.2, 0.25) is 0 Å². The number of amides is 1. The molecule has 0 bridgehead atoms. The molecule has 1 aliphatic rings. The summed E-state index contributed by atoms with van der Waals surface area (Å²) in [4.78, 5) is 10.9. The molecule has 1 heterocycles. The summed E-state index contributed by atoms with van der Waals surface area (Å²) in [6.07, 6.45) is 1.06. The van der Waals surface area contributed by atoms with Crippen molar-refractivity contribution in [3.63, 3.8) is 0 Å². The largest absolute Gasteiger partial charge is 0.449 e. The molecule has 0 aliphatic carbocycles. The first kappa shape index (κ1) is 14.2. The van der Waals surface area contributed by atoms with Gasteiger partial charge in [-0.05, 0) is 38.8 Å². The highest BCUT2D eigenvalue weighted by Gasteiger charge is 2.18. The van der Waals surface area contributed by atoms with Crippen LogP contribution in [0.3, 0.4) is 0 Å². The Morgan fingerprint density at radius 2 is 2.29 bits per heavy atom. The van der Waals surface area contributed by atoms with Gasteiger partial charge in [-0.25, -0.2) is 9.52 Å². The van der Waals surface area contributed by atoms with E-state index in [4.69, 9.17) is 0 Å². The summed E-state index contributed by atoms with van der Waals surface area (Å²) >= 11 is 0. The second-order valence-corrected chi connectivity index (χ2v) is 5.39. The number of carbonyl (C=O) groups excluding carboxylic acids is 1. The van der Waals surface area contributed by atoms with Gasteiger partial charge in [0.1, 0.15) is 0 Å². The number of rotatable bonds is 5. The first-order valence-electron chi connectivity index (χ1n) is 5.68. The smallest absolute Gasteiger partial charge is 0.421 e. The van der Waals surface area contributed by atoms with Gasteiger partial charge in [0.15, 0.2) is 0 Å². The zero-order chi connectivity index (χ0) is 12.7. The molecule has 7 nitrogen and oxygen atoms in total. The van der Waals surface area contributed by atoms with Crippen LogP contribution in [0, 0.1) is 5.92 Å². The average Bonchev–Trinajstić information content (AvgIpc) is 2.27. The Bertz CT molecular complexity index is 338. The van der Waals surface area contributed by atoms with Gasteiger partial charge in [0.25, 0.3) is 0 Å². The molecule has 0 aromatic heterocycles. The van der Waals surface area contributed by atoms with Crippen LogP contribution in [0.5, 0.6) is 0 Å². The van der Waals surface area contributed by atoms with E-state index in [1.807, 2.05) is 0 Å². The molecule has 1 fully saturated rings. The van der Waals surface area contributed by atoms with Gasteiger partial charge in [0, 0.05) is 6.54 Å². The summed E-state index contributed by atoms with van der Waals surface area (Å²) in [6, 6.07) is 0. The van der Waals surface area contributed by atoms with E-state index in [0.29, 0.717) is 6.54 Å². The second-order valence-electron chi connectivity index (χ2n) is 3.89. The molecule has 1 saturated heterocycles. The van der Waals surface area contributed by atoms with Gasteiger partial charge in [-0.2, -0.15) is 13.1 Å². The molecule has 1 unspecified atom stereocenters. The molecule has 1 rings (SSSR count). The predicted octanol–water partition coefficient (Wildman–Crippen LogP) is -0.433. The number of piperidine rings is 1. The third-order valence-corrected chi connectivity index (χ3v) is 3.44. The zero-order valence-electron chi connectivity index (χ0n) is 9.86. The standard InChI is InChI=1S/C9H19N3O4S/c1-2-16-9(13)12-17(14,15)11-7-8-4-3-5-10-6-8/h8,10-11H,2-7H2,1H3,(H,12,13). The average molecular weight is 265 g/mol. The minimum atomic E-state index is -3.80. The van der Waals surface area contributed by atoms with E-state index in [1.54, 1.807) is 11.6 Å². The van der Waals surface area contributed by atoms with Crippen LogP contribution in [-0.2, 0) is 14.9 Å². The van der Waals surface area contributed by atoms with Crippen LogP contribution < -0.4 is 14.8 Å². The van der Waals surface area contributed by atoms with E-state index in [2.05, 4.69) is 14.8 Å². The van der Waals surface area contributed by atoms with Gasteiger partial charge >= 0.3 is 16.3 Å². The first-order valence-corrected chi connectivity index (χ1v) is 7.16. The highest BCUT2D eigenvalue weighted by atomic mass is 32.2. The van der Waals surface area contributed by atoms with Crippen LogP contribution in [0.1, 0.15) is 19.8 Å². The second kappa shape index (κ2) is 6.77. The molecular formula is C9H19N3O4S. The van der Waals surface area contributed by atoms with E-state index in [-0.39, 0.29) is 12.5 Å². The molecule has 0 saturated carbocycles. The van der Waals surface area contributed by atoms with Crippen molar-refractivity contribution in [1.82, 2.24) is 14.8 Å². The van der Waals surface area contributed by atoms with Crippen molar-refractivity contribution >= 4 is 16.3 Å². The minimum Gasteiger partial charge on any atom is -0.449 e. The van der Waals surface area contributed by atoms with E-state index in [0.717, 1.165) is 25.9 Å². The van der Waals surface area contributed by atoms with Crippen LogP contribution in [-0.4, -0.2) is 40.8 Å². The lowest BCUT2D eigenvalue weighted by molar-refractivity contribution is 0.158. The highest BCUT2D eigenvalue weighted by molar-refractivity contribution is 7.88. The fraction of sp³-hybridized carbons (Fsp3) is 0.889. The number of hydrogen-bond donors (Lipinski definition) is 3. The van der Waals surface area contributed by atoms with Crippen molar-refractivity contribution in [3.05, 3.63) is 0 Å². The summed E-state index contributed by atoms with van der Waals surface area (Å²) in [5.74, 6) is 0.266. The lowest BCUT2D eigenvalue weighted by Crippen LogP contribution is -2.44. The van der Waals surface area contributed by atoms with Crippen molar-refractivity contribution in [2.24, 2.45) is 5.92 Å². The number of carbonyl (C=O) groups is 1. The molecule has 1 atom stereocenters. The maximum Gasteiger partial charge on any atom is 0.421 e. The lowest BCUT2D eigenvalue weighted by atomic mass is 10.0. The number of ether oxygens (including phenoxy) is 1. The summed E-state index contributed by atoms with van der Waals surface area (Å²) in [5.41, 5.74) is 0. The van der Waals surface area contributed by atoms with E-state index < -0.39 is 16.3 Å². The van der Waals surface area contributed by atoms with Crippen molar-refractivity contribution in [1.29, 1.82) is 0 Å². The Labute approximate surface area is 101 Å². The maximum atomic E-state index is 11.4. The minimum absolute atomic E-state index is 0.133. The fourth-order valence-electron chi connectivity index (χ4n) is 1.63. The van der Waals surface area contributed by atoms with Crippen LogP contribution in [0.25, 0.3) is 0 Å². The molecule has 100 valence electrons. The Morgan fingerprint density at radius 1 is 1.53 bits per heavy atom. The van der Waals surface area contributed by atoms with Crippen LogP contribution in [0.2, 0.25) is 0 Å². The van der Waals surface area contributed by atoms with Crippen LogP contribution in [0.4, 0.5) is 4.79 Å². The number of nitrogens with one attached hydrogen (secondary N) is 3. The molecule has 3 N–H and O–H groups in total. The van der Waals surface area contributed by atoms with Crippen molar-refractivity contribution < 1.29 is 17.9 Å². The third kappa shape index (κ3) is 5.85. The fourth-order valence-corrected chi connectivity index (χ4v) is 2.44. The topological polar surface area (TPSA) is 96.5 Å². The Morgan fingerprint density at radius 3 is 2.88 bits per heavy atom. The van der Waals surface area contributed by atoms with Crippen LogP contribution >= 0.6 is 0 Å². The Balaban J connectivity index is 2.30. The molecule has 0 aromatic carbocycles. The van der Waals surface area contributed by atoms with Gasteiger partial charge in [-0.3, -0.25) is 0 Å². The number of hydrogen-bond acceptors (Lipinski definition) is 5. The van der Waals surface area contributed by atoms with Gasteiger partial charge in [-0.15, -0.1) is 0 Å². The van der Waals surface area contributed by atoms with Crippen LogP contribution in [0.15, 0.2) is 0 Å².